The third kappa shape index (κ3) is 3.39. The normalized spacial score (nSPS) is 14.3. The maximum absolute atomic E-state index is 14.6. The number of alkyl halides is 3. The Morgan fingerprint density at radius 3 is 2.57 bits per heavy atom. The SMILES string of the molecule is Cn1nc(C(F)(F)F)cc1-c1ccc(NC(=O)c2cccn2C2CC2)cc1F. The molecule has 0 unspecified atom stereocenters. The van der Waals surface area contributed by atoms with Crippen molar-refractivity contribution in [3.8, 4) is 11.3 Å². The van der Waals surface area contributed by atoms with Gasteiger partial charge in [0, 0.05) is 30.5 Å². The van der Waals surface area contributed by atoms with Gasteiger partial charge in [0.05, 0.1) is 5.69 Å². The third-order valence-electron chi connectivity index (χ3n) is 4.62. The second kappa shape index (κ2) is 6.50. The average molecular weight is 392 g/mol. The molecule has 4 rings (SSSR count). The molecule has 0 radical (unpaired) electrons. The molecule has 28 heavy (non-hydrogen) atoms. The quantitative estimate of drug-likeness (QED) is 0.658. The predicted octanol–water partition coefficient (Wildman–Crippen LogP) is 4.63. The zero-order valence-corrected chi connectivity index (χ0v) is 14.8. The topological polar surface area (TPSA) is 51.9 Å². The summed E-state index contributed by atoms with van der Waals surface area (Å²) in [5, 5.41) is 6.02. The van der Waals surface area contributed by atoms with Gasteiger partial charge < -0.3 is 9.88 Å². The number of carbonyl (C=O) groups excluding carboxylic acids is 1. The van der Waals surface area contributed by atoms with E-state index in [1.807, 2.05) is 10.8 Å². The fraction of sp³-hybridized carbons (Fsp3) is 0.263. The lowest BCUT2D eigenvalue weighted by Crippen LogP contribution is -2.16. The number of rotatable bonds is 4. The third-order valence-corrected chi connectivity index (χ3v) is 4.62. The van der Waals surface area contributed by atoms with Crippen molar-refractivity contribution in [2.75, 3.05) is 5.32 Å². The van der Waals surface area contributed by atoms with Gasteiger partial charge in [-0.25, -0.2) is 4.39 Å². The van der Waals surface area contributed by atoms with E-state index in [4.69, 9.17) is 0 Å². The number of hydrogen-bond acceptors (Lipinski definition) is 2. The maximum Gasteiger partial charge on any atom is 0.435 e. The number of nitrogens with one attached hydrogen (secondary N) is 1. The summed E-state index contributed by atoms with van der Waals surface area (Å²) in [7, 11) is 1.31. The molecule has 0 saturated heterocycles. The van der Waals surface area contributed by atoms with Crippen molar-refractivity contribution >= 4 is 11.6 Å². The highest BCUT2D eigenvalue weighted by molar-refractivity contribution is 6.03. The Bertz CT molecular complexity index is 1050. The molecular formula is C19H16F4N4O. The van der Waals surface area contributed by atoms with E-state index in [1.54, 1.807) is 12.1 Å². The second-order valence-electron chi connectivity index (χ2n) is 6.72. The van der Waals surface area contributed by atoms with Gasteiger partial charge in [0.1, 0.15) is 11.5 Å². The molecule has 0 spiro atoms. The van der Waals surface area contributed by atoms with Crippen LogP contribution in [0.5, 0.6) is 0 Å². The highest BCUT2D eigenvalue weighted by Gasteiger charge is 2.35. The number of hydrogen-bond donors (Lipinski definition) is 1. The molecule has 0 bridgehead atoms. The van der Waals surface area contributed by atoms with Crippen LogP contribution in [0.25, 0.3) is 11.3 Å². The number of benzene rings is 1. The Kier molecular flexibility index (Phi) is 4.24. The lowest BCUT2D eigenvalue weighted by molar-refractivity contribution is -0.141. The molecule has 1 N–H and O–H groups in total. The van der Waals surface area contributed by atoms with E-state index in [0.717, 1.165) is 29.7 Å². The summed E-state index contributed by atoms with van der Waals surface area (Å²) in [4.78, 5) is 12.5. The number of amides is 1. The second-order valence-corrected chi connectivity index (χ2v) is 6.72. The first-order chi connectivity index (χ1) is 13.2. The maximum atomic E-state index is 14.6. The molecule has 0 atom stereocenters. The van der Waals surface area contributed by atoms with Gasteiger partial charge in [-0.2, -0.15) is 18.3 Å². The van der Waals surface area contributed by atoms with Crippen LogP contribution >= 0.6 is 0 Å². The van der Waals surface area contributed by atoms with Gasteiger partial charge in [0.15, 0.2) is 5.69 Å². The van der Waals surface area contributed by atoms with Crippen LogP contribution in [0.4, 0.5) is 23.2 Å². The summed E-state index contributed by atoms with van der Waals surface area (Å²) in [5.41, 5.74) is -0.445. The van der Waals surface area contributed by atoms with E-state index in [0.29, 0.717) is 11.7 Å². The monoisotopic (exact) mass is 392 g/mol. The fourth-order valence-corrected chi connectivity index (χ4v) is 3.11. The lowest BCUT2D eigenvalue weighted by atomic mass is 10.1. The molecule has 1 saturated carbocycles. The molecule has 2 aromatic heterocycles. The number of anilines is 1. The number of aromatic nitrogens is 3. The van der Waals surface area contributed by atoms with Crippen molar-refractivity contribution < 1.29 is 22.4 Å². The zero-order chi connectivity index (χ0) is 20.1. The Hall–Kier alpha value is -3.10. The van der Waals surface area contributed by atoms with Crippen molar-refractivity contribution in [2.45, 2.75) is 25.1 Å². The molecule has 1 aromatic carbocycles. The standard InChI is InChI=1S/C19H16F4N4O/c1-26-16(10-17(25-26)19(21,22)23)13-7-4-11(9-14(13)20)24-18(28)15-3-2-8-27(15)12-5-6-12/h2-4,7-10,12H,5-6H2,1H3,(H,24,28). The van der Waals surface area contributed by atoms with Gasteiger partial charge in [-0.05, 0) is 49.2 Å². The van der Waals surface area contributed by atoms with Gasteiger partial charge in [-0.15, -0.1) is 0 Å². The minimum absolute atomic E-state index is 0.00897. The highest BCUT2D eigenvalue weighted by atomic mass is 19.4. The summed E-state index contributed by atoms with van der Waals surface area (Å²) in [6.45, 7) is 0. The van der Waals surface area contributed by atoms with Crippen LogP contribution in [-0.2, 0) is 13.2 Å². The molecule has 1 amide bonds. The molecular weight excluding hydrogens is 376 g/mol. The van der Waals surface area contributed by atoms with Crippen LogP contribution in [0.2, 0.25) is 0 Å². The van der Waals surface area contributed by atoms with E-state index in [2.05, 4.69) is 10.4 Å². The summed E-state index contributed by atoms with van der Waals surface area (Å²) in [5.74, 6) is -1.13. The Balaban J connectivity index is 1.57. The summed E-state index contributed by atoms with van der Waals surface area (Å²) >= 11 is 0. The van der Waals surface area contributed by atoms with Crippen molar-refractivity contribution in [2.24, 2.45) is 7.05 Å². The van der Waals surface area contributed by atoms with Gasteiger partial charge in [-0.3, -0.25) is 9.48 Å². The van der Waals surface area contributed by atoms with Crippen LogP contribution < -0.4 is 5.32 Å². The fourth-order valence-electron chi connectivity index (χ4n) is 3.11. The van der Waals surface area contributed by atoms with E-state index in [-0.39, 0.29) is 22.9 Å². The van der Waals surface area contributed by atoms with Gasteiger partial charge >= 0.3 is 6.18 Å². The first-order valence-corrected chi connectivity index (χ1v) is 8.63. The number of aryl methyl sites for hydroxylation is 1. The van der Waals surface area contributed by atoms with Gasteiger partial charge in [0.25, 0.3) is 5.91 Å². The van der Waals surface area contributed by atoms with Crippen LogP contribution in [-0.4, -0.2) is 20.3 Å². The van der Waals surface area contributed by atoms with E-state index >= 15 is 0 Å². The smallest absolute Gasteiger partial charge is 0.340 e. The lowest BCUT2D eigenvalue weighted by Gasteiger charge is -2.10. The van der Waals surface area contributed by atoms with E-state index < -0.39 is 17.7 Å². The Morgan fingerprint density at radius 1 is 1.21 bits per heavy atom. The largest absolute Gasteiger partial charge is 0.435 e. The van der Waals surface area contributed by atoms with Crippen LogP contribution in [0.1, 0.15) is 35.1 Å². The van der Waals surface area contributed by atoms with Crippen molar-refractivity contribution in [1.29, 1.82) is 0 Å². The molecule has 2 heterocycles. The summed E-state index contributed by atoms with van der Waals surface area (Å²) in [6, 6.07) is 8.42. The first-order valence-electron chi connectivity index (χ1n) is 8.63. The van der Waals surface area contributed by atoms with Crippen LogP contribution in [0.3, 0.4) is 0 Å². The predicted molar refractivity (Wildman–Crippen MR) is 94.3 cm³/mol. The van der Waals surface area contributed by atoms with Crippen molar-refractivity contribution in [1.82, 2.24) is 14.3 Å². The van der Waals surface area contributed by atoms with Gasteiger partial charge in [-0.1, -0.05) is 0 Å². The summed E-state index contributed by atoms with van der Waals surface area (Å²) in [6.07, 6.45) is -0.750. The van der Waals surface area contributed by atoms with E-state index in [1.165, 1.54) is 19.2 Å². The highest BCUT2D eigenvalue weighted by Crippen LogP contribution is 2.36. The molecule has 3 aromatic rings. The molecule has 5 nitrogen and oxygen atoms in total. The average Bonchev–Trinajstić information content (AvgIpc) is 3.19. The minimum Gasteiger partial charge on any atom is -0.340 e. The summed E-state index contributed by atoms with van der Waals surface area (Å²) < 4.78 is 55.9. The molecule has 1 fully saturated rings. The molecule has 1 aliphatic carbocycles. The van der Waals surface area contributed by atoms with Gasteiger partial charge in [0.2, 0.25) is 0 Å². The van der Waals surface area contributed by atoms with Crippen molar-refractivity contribution in [3.63, 3.8) is 0 Å². The molecule has 0 aliphatic heterocycles. The molecule has 9 heteroatoms. The number of nitrogens with zero attached hydrogens (tertiary/aromatic N) is 3. The van der Waals surface area contributed by atoms with E-state index in [9.17, 15) is 22.4 Å². The van der Waals surface area contributed by atoms with Crippen LogP contribution in [0.15, 0.2) is 42.6 Å². The number of halogens is 4. The zero-order valence-electron chi connectivity index (χ0n) is 14.8. The minimum atomic E-state index is -4.61. The molecule has 146 valence electrons. The number of carbonyl (C=O) groups is 1. The Labute approximate surface area is 157 Å². The first kappa shape index (κ1) is 18.3. The molecule has 1 aliphatic rings. The van der Waals surface area contributed by atoms with Crippen molar-refractivity contribution in [3.05, 3.63) is 59.8 Å². The van der Waals surface area contributed by atoms with Crippen LogP contribution in [0, 0.1) is 5.82 Å². The Morgan fingerprint density at radius 2 is 1.96 bits per heavy atom.